The van der Waals surface area contributed by atoms with Gasteiger partial charge >= 0.3 is 0 Å². The third-order valence-electron chi connectivity index (χ3n) is 5.49. The third kappa shape index (κ3) is 3.39. The first kappa shape index (κ1) is 17.9. The molecule has 3 N–H and O–H groups in total. The Balaban J connectivity index is 0.00000150. The summed E-state index contributed by atoms with van der Waals surface area (Å²) in [6.45, 7) is 6.08. The molecule has 1 aliphatic rings. The van der Waals surface area contributed by atoms with Crippen LogP contribution in [-0.2, 0) is 0 Å². The van der Waals surface area contributed by atoms with Crippen LogP contribution in [0.3, 0.4) is 0 Å². The molecule has 7 heteroatoms. The van der Waals surface area contributed by atoms with E-state index in [0.717, 1.165) is 37.1 Å². The molecule has 4 rings (SSSR count). The summed E-state index contributed by atoms with van der Waals surface area (Å²) in [6.07, 6.45) is 3.86. The lowest BCUT2D eigenvalue weighted by atomic mass is 9.85. The zero-order chi connectivity index (χ0) is 19.0. The lowest BCUT2D eigenvalue weighted by Crippen LogP contribution is -2.46. The van der Waals surface area contributed by atoms with Gasteiger partial charge in [-0.25, -0.2) is 14.4 Å². The number of nitrogens with one attached hydrogen (secondary N) is 1. The summed E-state index contributed by atoms with van der Waals surface area (Å²) in [4.78, 5) is 11.1. The number of hydrogen-bond donors (Lipinski definition) is 2. The molecular formula is C20H29FN6. The van der Waals surface area contributed by atoms with Crippen LogP contribution in [0.5, 0.6) is 0 Å². The summed E-state index contributed by atoms with van der Waals surface area (Å²) >= 11 is 0. The summed E-state index contributed by atoms with van der Waals surface area (Å²) in [6, 6.07) is 7.07. The van der Waals surface area contributed by atoms with E-state index in [1.807, 2.05) is 12.1 Å². The average molecular weight is 372 g/mol. The van der Waals surface area contributed by atoms with Crippen molar-refractivity contribution in [3.05, 3.63) is 36.3 Å². The first-order chi connectivity index (χ1) is 13.0. The molecule has 0 radical (unpaired) electrons. The highest BCUT2D eigenvalue weighted by molar-refractivity contribution is 5.89. The number of aromatic amines is 1. The minimum Gasteiger partial charge on any atom is -0.356 e. The SMILES string of the molecule is CC(C)C(N)[C@H]1CCCN(c2ccc(F)c(-c3[nH]nc4ncccc34)n2)C1.[HH].[HH]. The first-order valence-corrected chi connectivity index (χ1v) is 9.51. The second kappa shape index (κ2) is 7.23. The first-order valence-electron chi connectivity index (χ1n) is 9.51. The van der Waals surface area contributed by atoms with Crippen molar-refractivity contribution in [2.24, 2.45) is 17.6 Å². The minimum atomic E-state index is -0.374. The second-order valence-electron chi connectivity index (χ2n) is 7.64. The van der Waals surface area contributed by atoms with Crippen LogP contribution in [-0.4, -0.2) is 39.3 Å². The van der Waals surface area contributed by atoms with Gasteiger partial charge in [0.2, 0.25) is 0 Å². The fraction of sp³-hybridized carbons (Fsp3) is 0.450. The van der Waals surface area contributed by atoms with Crippen LogP contribution in [0, 0.1) is 17.7 Å². The monoisotopic (exact) mass is 372 g/mol. The van der Waals surface area contributed by atoms with Crippen molar-refractivity contribution in [3.63, 3.8) is 0 Å². The molecule has 0 spiro atoms. The maximum atomic E-state index is 14.6. The number of nitrogens with two attached hydrogens (primary N) is 1. The van der Waals surface area contributed by atoms with Gasteiger partial charge in [-0.05, 0) is 48.9 Å². The Morgan fingerprint density at radius 1 is 1.33 bits per heavy atom. The predicted octanol–water partition coefficient (Wildman–Crippen LogP) is 3.85. The van der Waals surface area contributed by atoms with Gasteiger partial charge < -0.3 is 10.6 Å². The highest BCUT2D eigenvalue weighted by Crippen LogP contribution is 2.30. The standard InChI is InChI=1S/C20H25FN6.2H2/c1-12(2)17(22)13-5-4-10-27(11-13)16-8-7-15(21)19(24-16)18-14-6-3-9-23-20(14)26-25-18;;/h3,6-9,12-13,17H,4-5,10-11,22H2,1-2H3,(H,23,25,26);2*1H/t13-,17?;;/m0../s1. The van der Waals surface area contributed by atoms with E-state index in [1.54, 1.807) is 12.3 Å². The summed E-state index contributed by atoms with van der Waals surface area (Å²) in [5.74, 6) is 1.26. The lowest BCUT2D eigenvalue weighted by molar-refractivity contribution is 0.296. The van der Waals surface area contributed by atoms with E-state index in [4.69, 9.17) is 5.73 Å². The molecule has 3 aromatic rings. The number of H-pyrrole nitrogens is 1. The molecule has 4 heterocycles. The van der Waals surface area contributed by atoms with E-state index in [0.29, 0.717) is 23.2 Å². The quantitative estimate of drug-likeness (QED) is 0.727. The number of fused-ring (bicyclic) bond motifs is 1. The van der Waals surface area contributed by atoms with Crippen molar-refractivity contribution in [2.75, 3.05) is 18.0 Å². The Bertz CT molecular complexity index is 948. The van der Waals surface area contributed by atoms with E-state index in [9.17, 15) is 4.39 Å². The average Bonchev–Trinajstić information content (AvgIpc) is 3.12. The number of halogens is 1. The Hall–Kier alpha value is -2.54. The maximum Gasteiger partial charge on any atom is 0.181 e. The Labute approximate surface area is 161 Å². The Morgan fingerprint density at radius 3 is 3.00 bits per heavy atom. The van der Waals surface area contributed by atoms with Crippen molar-refractivity contribution in [1.82, 2.24) is 20.2 Å². The van der Waals surface area contributed by atoms with Crippen LogP contribution in [0.1, 0.15) is 29.5 Å². The molecule has 0 amide bonds. The van der Waals surface area contributed by atoms with Crippen LogP contribution in [0.2, 0.25) is 0 Å². The maximum absolute atomic E-state index is 14.6. The molecule has 3 aromatic heterocycles. The van der Waals surface area contributed by atoms with Crippen LogP contribution < -0.4 is 10.6 Å². The molecule has 0 aliphatic carbocycles. The smallest absolute Gasteiger partial charge is 0.181 e. The second-order valence-corrected chi connectivity index (χ2v) is 7.64. The largest absolute Gasteiger partial charge is 0.356 e. The summed E-state index contributed by atoms with van der Waals surface area (Å²) in [5.41, 5.74) is 7.79. The van der Waals surface area contributed by atoms with Crippen LogP contribution in [0.4, 0.5) is 10.2 Å². The zero-order valence-electron chi connectivity index (χ0n) is 15.7. The van der Waals surface area contributed by atoms with Crippen molar-refractivity contribution in [2.45, 2.75) is 32.7 Å². The number of anilines is 1. The molecule has 1 saturated heterocycles. The molecule has 27 heavy (non-hydrogen) atoms. The molecule has 2 atom stereocenters. The number of piperidine rings is 1. The van der Waals surface area contributed by atoms with Crippen molar-refractivity contribution < 1.29 is 7.24 Å². The van der Waals surface area contributed by atoms with Gasteiger partial charge in [-0.3, -0.25) is 5.10 Å². The number of hydrogen-bond acceptors (Lipinski definition) is 5. The molecule has 0 aromatic carbocycles. The minimum absolute atomic E-state index is 0. The zero-order valence-corrected chi connectivity index (χ0v) is 15.7. The fourth-order valence-electron chi connectivity index (χ4n) is 3.89. The van der Waals surface area contributed by atoms with Gasteiger partial charge in [-0.15, -0.1) is 0 Å². The Morgan fingerprint density at radius 2 is 2.19 bits per heavy atom. The van der Waals surface area contributed by atoms with E-state index >= 15 is 0 Å². The molecule has 6 nitrogen and oxygen atoms in total. The van der Waals surface area contributed by atoms with E-state index in [-0.39, 0.29) is 20.4 Å². The van der Waals surface area contributed by atoms with E-state index in [2.05, 4.69) is 38.9 Å². The van der Waals surface area contributed by atoms with Crippen LogP contribution >= 0.6 is 0 Å². The molecule has 0 bridgehead atoms. The normalized spacial score (nSPS) is 19.0. The molecule has 1 aliphatic heterocycles. The number of rotatable bonds is 4. The number of pyridine rings is 2. The van der Waals surface area contributed by atoms with Gasteiger partial charge in [0.05, 0.1) is 5.69 Å². The summed E-state index contributed by atoms with van der Waals surface area (Å²) in [5, 5.41) is 7.81. The number of aromatic nitrogens is 4. The highest BCUT2D eigenvalue weighted by Gasteiger charge is 2.28. The van der Waals surface area contributed by atoms with Crippen LogP contribution in [0.15, 0.2) is 30.5 Å². The van der Waals surface area contributed by atoms with Crippen molar-refractivity contribution >= 4 is 16.9 Å². The fourth-order valence-corrected chi connectivity index (χ4v) is 3.89. The summed E-state index contributed by atoms with van der Waals surface area (Å²) < 4.78 is 14.6. The highest BCUT2D eigenvalue weighted by atomic mass is 19.1. The van der Waals surface area contributed by atoms with Gasteiger partial charge in [-0.1, -0.05) is 13.8 Å². The molecule has 146 valence electrons. The Kier molecular flexibility index (Phi) is 4.78. The van der Waals surface area contributed by atoms with Crippen molar-refractivity contribution in [3.8, 4) is 11.4 Å². The lowest BCUT2D eigenvalue weighted by Gasteiger charge is -2.37. The predicted molar refractivity (Wildman–Crippen MR) is 109 cm³/mol. The third-order valence-corrected chi connectivity index (χ3v) is 5.49. The van der Waals surface area contributed by atoms with Crippen molar-refractivity contribution in [1.29, 1.82) is 0 Å². The summed E-state index contributed by atoms with van der Waals surface area (Å²) in [7, 11) is 0. The number of nitrogens with zero attached hydrogens (tertiary/aromatic N) is 4. The van der Waals surface area contributed by atoms with Gasteiger partial charge in [-0.2, -0.15) is 5.10 Å². The van der Waals surface area contributed by atoms with Crippen LogP contribution in [0.25, 0.3) is 22.4 Å². The van der Waals surface area contributed by atoms with Gasteiger partial charge in [0, 0.05) is 33.6 Å². The van der Waals surface area contributed by atoms with Gasteiger partial charge in [0.25, 0.3) is 0 Å². The van der Waals surface area contributed by atoms with Gasteiger partial charge in [0.1, 0.15) is 11.5 Å². The van der Waals surface area contributed by atoms with E-state index < -0.39 is 0 Å². The molecule has 0 saturated carbocycles. The van der Waals surface area contributed by atoms with Gasteiger partial charge in [0.15, 0.2) is 11.5 Å². The van der Waals surface area contributed by atoms with E-state index in [1.165, 1.54) is 6.07 Å². The molecular weight excluding hydrogens is 343 g/mol. The molecule has 1 fully saturated rings. The molecule has 1 unspecified atom stereocenters. The topological polar surface area (TPSA) is 83.7 Å².